The number of anilines is 2. The SMILES string of the molecule is COc1ccc(Cl)cc1NC(=O)NCC1CCN(C(=O)Nc2ccccc2OC)CC1. The van der Waals surface area contributed by atoms with E-state index in [1.807, 2.05) is 12.1 Å². The molecule has 2 aromatic rings. The lowest BCUT2D eigenvalue weighted by Gasteiger charge is -2.32. The molecule has 0 spiro atoms. The van der Waals surface area contributed by atoms with E-state index >= 15 is 0 Å². The molecule has 8 nitrogen and oxygen atoms in total. The lowest BCUT2D eigenvalue weighted by Crippen LogP contribution is -2.43. The van der Waals surface area contributed by atoms with E-state index in [1.54, 1.807) is 42.3 Å². The molecule has 0 aliphatic carbocycles. The molecule has 1 saturated heterocycles. The highest BCUT2D eigenvalue weighted by Crippen LogP contribution is 2.28. The highest BCUT2D eigenvalue weighted by Gasteiger charge is 2.24. The Balaban J connectivity index is 1.43. The van der Waals surface area contributed by atoms with Gasteiger partial charge in [0.25, 0.3) is 0 Å². The number of ether oxygens (including phenoxy) is 2. The minimum absolute atomic E-state index is 0.151. The van der Waals surface area contributed by atoms with E-state index in [4.69, 9.17) is 21.1 Å². The number of likely N-dealkylation sites (tertiary alicyclic amines) is 1. The summed E-state index contributed by atoms with van der Waals surface area (Å²) in [5, 5.41) is 9.06. The van der Waals surface area contributed by atoms with E-state index in [-0.39, 0.29) is 12.1 Å². The van der Waals surface area contributed by atoms with E-state index < -0.39 is 0 Å². The number of hydrogen-bond acceptors (Lipinski definition) is 4. The Labute approximate surface area is 186 Å². The zero-order valence-electron chi connectivity index (χ0n) is 17.6. The molecule has 0 aromatic heterocycles. The summed E-state index contributed by atoms with van der Waals surface area (Å²) in [6.45, 7) is 1.77. The summed E-state index contributed by atoms with van der Waals surface area (Å²) in [5.41, 5.74) is 1.15. The van der Waals surface area contributed by atoms with Crippen LogP contribution in [0.1, 0.15) is 12.8 Å². The van der Waals surface area contributed by atoms with Crippen molar-refractivity contribution in [2.45, 2.75) is 12.8 Å². The molecule has 0 radical (unpaired) electrons. The Morgan fingerprint density at radius 3 is 2.39 bits per heavy atom. The number of methoxy groups -OCH3 is 2. The maximum absolute atomic E-state index is 12.6. The largest absolute Gasteiger partial charge is 0.495 e. The van der Waals surface area contributed by atoms with E-state index in [2.05, 4.69) is 16.0 Å². The Bertz CT molecular complexity index is 916. The van der Waals surface area contributed by atoms with Gasteiger partial charge in [-0.3, -0.25) is 0 Å². The first-order chi connectivity index (χ1) is 15.0. The van der Waals surface area contributed by atoms with E-state index in [1.165, 1.54) is 7.11 Å². The number of carbonyl (C=O) groups is 2. The summed E-state index contributed by atoms with van der Waals surface area (Å²) < 4.78 is 10.5. The van der Waals surface area contributed by atoms with Crippen molar-refractivity contribution < 1.29 is 19.1 Å². The molecular formula is C22H27ClN4O4. The van der Waals surface area contributed by atoms with Crippen LogP contribution in [0.3, 0.4) is 0 Å². The minimum Gasteiger partial charge on any atom is -0.495 e. The first-order valence-electron chi connectivity index (χ1n) is 10.1. The number of piperidine rings is 1. The summed E-state index contributed by atoms with van der Waals surface area (Å²) >= 11 is 5.99. The zero-order valence-corrected chi connectivity index (χ0v) is 18.4. The molecule has 2 aromatic carbocycles. The van der Waals surface area contributed by atoms with Gasteiger partial charge >= 0.3 is 12.1 Å². The second kappa shape index (κ2) is 10.8. The number of urea groups is 2. The standard InChI is InChI=1S/C22H27ClN4O4/c1-30-19-6-4-3-5-17(19)26-22(29)27-11-9-15(10-12-27)14-24-21(28)25-18-13-16(23)7-8-20(18)31-2/h3-8,13,15H,9-12,14H2,1-2H3,(H,26,29)(H2,24,25,28). The molecule has 1 aliphatic rings. The third kappa shape index (κ3) is 6.18. The highest BCUT2D eigenvalue weighted by molar-refractivity contribution is 6.31. The predicted molar refractivity (Wildman–Crippen MR) is 121 cm³/mol. The average molecular weight is 447 g/mol. The molecule has 0 saturated carbocycles. The fourth-order valence-corrected chi connectivity index (χ4v) is 3.64. The Morgan fingerprint density at radius 1 is 1.00 bits per heavy atom. The highest BCUT2D eigenvalue weighted by atomic mass is 35.5. The predicted octanol–water partition coefficient (Wildman–Crippen LogP) is 4.42. The second-order valence-electron chi connectivity index (χ2n) is 7.24. The quantitative estimate of drug-likeness (QED) is 0.612. The van der Waals surface area contributed by atoms with Crippen molar-refractivity contribution in [2.24, 2.45) is 5.92 Å². The van der Waals surface area contributed by atoms with Gasteiger partial charge < -0.3 is 30.3 Å². The molecule has 0 bridgehead atoms. The van der Waals surface area contributed by atoms with Crippen LogP contribution in [0.4, 0.5) is 21.0 Å². The molecular weight excluding hydrogens is 420 g/mol. The van der Waals surface area contributed by atoms with Crippen LogP contribution in [0.15, 0.2) is 42.5 Å². The van der Waals surface area contributed by atoms with Crippen LogP contribution in [0.25, 0.3) is 0 Å². The van der Waals surface area contributed by atoms with Gasteiger partial charge in [0.05, 0.1) is 25.6 Å². The van der Waals surface area contributed by atoms with E-state index in [0.29, 0.717) is 53.4 Å². The van der Waals surface area contributed by atoms with Crippen LogP contribution in [0, 0.1) is 5.92 Å². The number of rotatable bonds is 6. The third-order valence-corrected chi connectivity index (χ3v) is 5.45. The lowest BCUT2D eigenvalue weighted by molar-refractivity contribution is 0.181. The number of nitrogens with zero attached hydrogens (tertiary/aromatic N) is 1. The molecule has 1 aliphatic heterocycles. The Hall–Kier alpha value is -3.13. The molecule has 4 amide bonds. The molecule has 1 fully saturated rings. The fraction of sp³-hybridized carbons (Fsp3) is 0.364. The van der Waals surface area contributed by atoms with Gasteiger partial charge in [-0.15, -0.1) is 0 Å². The Kier molecular flexibility index (Phi) is 7.83. The van der Waals surface area contributed by atoms with Crippen molar-refractivity contribution in [1.82, 2.24) is 10.2 Å². The van der Waals surface area contributed by atoms with Crippen LogP contribution < -0.4 is 25.4 Å². The van der Waals surface area contributed by atoms with Gasteiger partial charge in [-0.1, -0.05) is 23.7 Å². The number of amides is 4. The van der Waals surface area contributed by atoms with Crippen molar-refractivity contribution in [3.63, 3.8) is 0 Å². The molecule has 166 valence electrons. The van der Waals surface area contributed by atoms with Gasteiger partial charge in [0.1, 0.15) is 11.5 Å². The Morgan fingerprint density at radius 2 is 1.68 bits per heavy atom. The first kappa shape index (κ1) is 22.6. The summed E-state index contributed by atoms with van der Waals surface area (Å²) in [5.74, 6) is 1.45. The monoisotopic (exact) mass is 446 g/mol. The number of hydrogen-bond donors (Lipinski definition) is 3. The number of benzene rings is 2. The molecule has 1 heterocycles. The van der Waals surface area contributed by atoms with Gasteiger partial charge in [0.2, 0.25) is 0 Å². The number of halogens is 1. The molecule has 31 heavy (non-hydrogen) atoms. The third-order valence-electron chi connectivity index (χ3n) is 5.21. The number of carbonyl (C=O) groups excluding carboxylic acids is 2. The summed E-state index contributed by atoms with van der Waals surface area (Å²) in [6, 6.07) is 11.9. The van der Waals surface area contributed by atoms with Crippen molar-refractivity contribution in [2.75, 3.05) is 44.5 Å². The molecule has 0 atom stereocenters. The number of nitrogens with one attached hydrogen (secondary N) is 3. The van der Waals surface area contributed by atoms with Crippen LogP contribution in [-0.2, 0) is 0 Å². The van der Waals surface area contributed by atoms with Gasteiger partial charge in [-0.25, -0.2) is 9.59 Å². The first-order valence-corrected chi connectivity index (χ1v) is 10.4. The normalized spacial score (nSPS) is 14.0. The van der Waals surface area contributed by atoms with Crippen molar-refractivity contribution in [3.05, 3.63) is 47.5 Å². The molecule has 9 heteroatoms. The van der Waals surface area contributed by atoms with Crippen LogP contribution >= 0.6 is 11.6 Å². The zero-order chi connectivity index (χ0) is 22.2. The smallest absolute Gasteiger partial charge is 0.321 e. The van der Waals surface area contributed by atoms with E-state index in [9.17, 15) is 9.59 Å². The summed E-state index contributed by atoms with van der Waals surface area (Å²) in [4.78, 5) is 26.6. The minimum atomic E-state index is -0.322. The molecule has 3 N–H and O–H groups in total. The average Bonchev–Trinajstić information content (AvgIpc) is 2.78. The van der Waals surface area contributed by atoms with Crippen molar-refractivity contribution in [3.8, 4) is 11.5 Å². The fourth-order valence-electron chi connectivity index (χ4n) is 3.46. The van der Waals surface area contributed by atoms with Crippen molar-refractivity contribution in [1.29, 1.82) is 0 Å². The second-order valence-corrected chi connectivity index (χ2v) is 7.68. The van der Waals surface area contributed by atoms with Crippen LogP contribution in [0.5, 0.6) is 11.5 Å². The van der Waals surface area contributed by atoms with Gasteiger partial charge in [0.15, 0.2) is 0 Å². The maximum atomic E-state index is 12.6. The maximum Gasteiger partial charge on any atom is 0.321 e. The summed E-state index contributed by atoms with van der Waals surface area (Å²) in [7, 11) is 3.10. The van der Waals surface area contributed by atoms with Gasteiger partial charge in [-0.05, 0) is 49.1 Å². The number of para-hydroxylation sites is 2. The van der Waals surface area contributed by atoms with Crippen LogP contribution in [-0.4, -0.2) is 50.8 Å². The van der Waals surface area contributed by atoms with Crippen molar-refractivity contribution >= 4 is 35.0 Å². The van der Waals surface area contributed by atoms with Gasteiger partial charge in [0, 0.05) is 24.7 Å². The molecule has 3 rings (SSSR count). The molecule has 0 unspecified atom stereocenters. The van der Waals surface area contributed by atoms with Crippen LogP contribution in [0.2, 0.25) is 5.02 Å². The van der Waals surface area contributed by atoms with Gasteiger partial charge in [-0.2, -0.15) is 0 Å². The topological polar surface area (TPSA) is 91.9 Å². The van der Waals surface area contributed by atoms with E-state index in [0.717, 1.165) is 12.8 Å². The lowest BCUT2D eigenvalue weighted by atomic mass is 9.97. The summed E-state index contributed by atoms with van der Waals surface area (Å²) in [6.07, 6.45) is 1.61.